The monoisotopic (exact) mass is 283 g/mol. The molecular formula is C14H21NO3S. The topological polar surface area (TPSA) is 58.6 Å². The van der Waals surface area contributed by atoms with Crippen molar-refractivity contribution in [3.8, 4) is 0 Å². The van der Waals surface area contributed by atoms with E-state index in [1.54, 1.807) is 6.08 Å². The maximum absolute atomic E-state index is 11.8. The number of aliphatic hydroxyl groups excluding tert-OH is 1. The highest BCUT2D eigenvalue weighted by molar-refractivity contribution is 7.11. The highest BCUT2D eigenvalue weighted by Gasteiger charge is 2.19. The summed E-state index contributed by atoms with van der Waals surface area (Å²) in [5, 5.41) is 13.7. The van der Waals surface area contributed by atoms with Crippen LogP contribution in [0, 0.1) is 0 Å². The van der Waals surface area contributed by atoms with Gasteiger partial charge in [0.1, 0.15) is 0 Å². The summed E-state index contributed by atoms with van der Waals surface area (Å²) in [5.41, 5.74) is 0.477. The molecule has 1 heterocycles. The van der Waals surface area contributed by atoms with Crippen LogP contribution in [0.1, 0.15) is 31.2 Å². The van der Waals surface area contributed by atoms with E-state index in [1.165, 1.54) is 17.4 Å². The molecule has 1 amide bonds. The first-order valence-corrected chi connectivity index (χ1v) is 7.11. The zero-order valence-electron chi connectivity index (χ0n) is 11.6. The summed E-state index contributed by atoms with van der Waals surface area (Å²) in [4.78, 5) is 12.7. The summed E-state index contributed by atoms with van der Waals surface area (Å²) >= 11 is 1.50. The van der Waals surface area contributed by atoms with E-state index in [2.05, 4.69) is 5.32 Å². The highest BCUT2D eigenvalue weighted by Crippen LogP contribution is 2.16. The van der Waals surface area contributed by atoms with E-state index in [-0.39, 0.29) is 18.1 Å². The van der Waals surface area contributed by atoms with Gasteiger partial charge in [0, 0.05) is 17.6 Å². The predicted octanol–water partition coefficient (Wildman–Crippen LogP) is 2.18. The van der Waals surface area contributed by atoms with Crippen LogP contribution in [0.25, 0.3) is 6.08 Å². The summed E-state index contributed by atoms with van der Waals surface area (Å²) in [6.07, 6.45) is 3.25. The zero-order chi connectivity index (χ0) is 14.3. The number of ether oxygens (including phenoxy) is 1. The first kappa shape index (κ1) is 15.9. The molecule has 0 spiro atoms. The van der Waals surface area contributed by atoms with E-state index in [0.29, 0.717) is 13.2 Å². The third-order valence-corrected chi connectivity index (χ3v) is 3.33. The van der Waals surface area contributed by atoms with E-state index in [9.17, 15) is 4.79 Å². The Morgan fingerprint density at radius 2 is 2.32 bits per heavy atom. The lowest BCUT2D eigenvalue weighted by molar-refractivity contribution is -0.118. The SMILES string of the molecule is CCOCC(C)(C)NC(=O)C=Cc1cc(CO)cs1. The molecule has 1 aromatic heterocycles. The molecule has 0 fully saturated rings. The van der Waals surface area contributed by atoms with E-state index in [0.717, 1.165) is 10.4 Å². The minimum absolute atomic E-state index is 0.0257. The van der Waals surface area contributed by atoms with Crippen molar-refractivity contribution in [3.05, 3.63) is 28.0 Å². The van der Waals surface area contributed by atoms with Gasteiger partial charge >= 0.3 is 0 Å². The van der Waals surface area contributed by atoms with Crippen LogP contribution in [0.4, 0.5) is 0 Å². The van der Waals surface area contributed by atoms with Gasteiger partial charge in [-0.2, -0.15) is 0 Å². The van der Waals surface area contributed by atoms with Gasteiger partial charge in [-0.25, -0.2) is 0 Å². The minimum atomic E-state index is -0.386. The van der Waals surface area contributed by atoms with Crippen molar-refractivity contribution in [3.63, 3.8) is 0 Å². The average molecular weight is 283 g/mol. The Morgan fingerprint density at radius 3 is 2.89 bits per heavy atom. The van der Waals surface area contributed by atoms with Gasteiger partial charge < -0.3 is 15.2 Å². The summed E-state index contributed by atoms with van der Waals surface area (Å²) in [6.45, 7) is 6.91. The van der Waals surface area contributed by atoms with Crippen LogP contribution in [-0.4, -0.2) is 29.8 Å². The number of aliphatic hydroxyl groups is 1. The average Bonchev–Trinajstić information content (AvgIpc) is 2.81. The van der Waals surface area contributed by atoms with Gasteiger partial charge in [-0.15, -0.1) is 11.3 Å². The molecule has 0 bridgehead atoms. The number of amides is 1. The third kappa shape index (κ3) is 6.00. The van der Waals surface area contributed by atoms with E-state index in [1.807, 2.05) is 32.2 Å². The van der Waals surface area contributed by atoms with Gasteiger partial charge in [-0.05, 0) is 43.9 Å². The van der Waals surface area contributed by atoms with E-state index >= 15 is 0 Å². The van der Waals surface area contributed by atoms with Crippen molar-refractivity contribution in [1.29, 1.82) is 0 Å². The van der Waals surface area contributed by atoms with Crippen molar-refractivity contribution in [1.82, 2.24) is 5.32 Å². The summed E-state index contributed by atoms with van der Waals surface area (Å²) in [5.74, 6) is -0.149. The predicted molar refractivity (Wildman–Crippen MR) is 78.0 cm³/mol. The van der Waals surface area contributed by atoms with Gasteiger partial charge in [-0.3, -0.25) is 4.79 Å². The fourth-order valence-corrected chi connectivity index (χ4v) is 2.29. The number of hydrogen-bond donors (Lipinski definition) is 2. The second kappa shape index (κ2) is 7.43. The molecule has 19 heavy (non-hydrogen) atoms. The van der Waals surface area contributed by atoms with Gasteiger partial charge in [0.05, 0.1) is 18.8 Å². The molecule has 4 nitrogen and oxygen atoms in total. The lowest BCUT2D eigenvalue weighted by atomic mass is 10.1. The second-order valence-electron chi connectivity index (χ2n) is 4.86. The molecule has 0 aliphatic heterocycles. The Kier molecular flexibility index (Phi) is 6.21. The van der Waals surface area contributed by atoms with Crippen LogP contribution in [0.15, 0.2) is 17.5 Å². The molecule has 0 aromatic carbocycles. The quantitative estimate of drug-likeness (QED) is 0.754. The highest BCUT2D eigenvalue weighted by atomic mass is 32.1. The van der Waals surface area contributed by atoms with E-state index < -0.39 is 0 Å². The largest absolute Gasteiger partial charge is 0.392 e. The van der Waals surface area contributed by atoms with Crippen LogP contribution in [-0.2, 0) is 16.1 Å². The molecule has 1 rings (SSSR count). The molecule has 0 aliphatic rings. The van der Waals surface area contributed by atoms with Crippen molar-refractivity contribution in [2.75, 3.05) is 13.2 Å². The molecule has 0 aliphatic carbocycles. The standard InChI is InChI=1S/C14H21NO3S/c1-4-18-10-14(2,3)15-13(17)6-5-12-7-11(8-16)9-19-12/h5-7,9,16H,4,8,10H2,1-3H3,(H,15,17). The van der Waals surface area contributed by atoms with Crippen LogP contribution in [0.5, 0.6) is 0 Å². The Bertz CT molecular complexity index is 438. The van der Waals surface area contributed by atoms with Crippen molar-refractivity contribution in [2.45, 2.75) is 32.9 Å². The van der Waals surface area contributed by atoms with Crippen molar-refractivity contribution in [2.24, 2.45) is 0 Å². The first-order valence-electron chi connectivity index (χ1n) is 6.23. The van der Waals surface area contributed by atoms with Gasteiger partial charge in [-0.1, -0.05) is 0 Å². The van der Waals surface area contributed by atoms with Crippen LogP contribution < -0.4 is 5.32 Å². The molecule has 0 saturated carbocycles. The van der Waals surface area contributed by atoms with Gasteiger partial charge in [0.25, 0.3) is 0 Å². The number of carbonyl (C=O) groups is 1. The van der Waals surface area contributed by atoms with Crippen molar-refractivity contribution >= 4 is 23.3 Å². The zero-order valence-corrected chi connectivity index (χ0v) is 12.4. The second-order valence-corrected chi connectivity index (χ2v) is 5.80. The molecule has 0 radical (unpaired) electrons. The Balaban J connectivity index is 2.50. The number of hydrogen-bond acceptors (Lipinski definition) is 4. The molecular weight excluding hydrogens is 262 g/mol. The number of carbonyl (C=O) groups excluding carboxylic acids is 1. The number of nitrogens with one attached hydrogen (secondary N) is 1. The maximum Gasteiger partial charge on any atom is 0.244 e. The fraction of sp³-hybridized carbons (Fsp3) is 0.500. The molecule has 0 atom stereocenters. The Labute approximate surface area is 118 Å². The van der Waals surface area contributed by atoms with Crippen LogP contribution in [0.3, 0.4) is 0 Å². The lowest BCUT2D eigenvalue weighted by Crippen LogP contribution is -2.46. The van der Waals surface area contributed by atoms with Crippen LogP contribution >= 0.6 is 11.3 Å². The van der Waals surface area contributed by atoms with Crippen molar-refractivity contribution < 1.29 is 14.6 Å². The normalized spacial score (nSPS) is 12.0. The molecule has 1 aromatic rings. The molecule has 5 heteroatoms. The van der Waals surface area contributed by atoms with E-state index in [4.69, 9.17) is 9.84 Å². The fourth-order valence-electron chi connectivity index (χ4n) is 1.49. The third-order valence-electron chi connectivity index (χ3n) is 2.38. The molecule has 0 saturated heterocycles. The lowest BCUT2D eigenvalue weighted by Gasteiger charge is -2.25. The Hall–Kier alpha value is -1.17. The molecule has 0 unspecified atom stereocenters. The summed E-state index contributed by atoms with van der Waals surface area (Å²) in [6, 6.07) is 1.86. The minimum Gasteiger partial charge on any atom is -0.392 e. The maximum atomic E-state index is 11.8. The number of thiophene rings is 1. The summed E-state index contributed by atoms with van der Waals surface area (Å²) in [7, 11) is 0. The molecule has 106 valence electrons. The van der Waals surface area contributed by atoms with Gasteiger partial charge in [0.15, 0.2) is 0 Å². The number of rotatable bonds is 7. The Morgan fingerprint density at radius 1 is 1.58 bits per heavy atom. The summed E-state index contributed by atoms with van der Waals surface area (Å²) < 4.78 is 5.32. The molecule has 2 N–H and O–H groups in total. The first-order chi connectivity index (χ1) is 8.96. The van der Waals surface area contributed by atoms with Crippen LogP contribution in [0.2, 0.25) is 0 Å². The van der Waals surface area contributed by atoms with Gasteiger partial charge in [0.2, 0.25) is 5.91 Å². The smallest absolute Gasteiger partial charge is 0.244 e.